The second-order valence-corrected chi connectivity index (χ2v) is 4.88. The maximum absolute atomic E-state index is 12.4. The maximum atomic E-state index is 12.4. The van der Waals surface area contributed by atoms with Crippen LogP contribution in [0.5, 0.6) is 5.75 Å². The quantitative estimate of drug-likeness (QED) is 0.768. The van der Waals surface area contributed by atoms with Crippen LogP contribution in [-0.2, 0) is 9.53 Å². The highest BCUT2D eigenvalue weighted by molar-refractivity contribution is 6.02. The van der Waals surface area contributed by atoms with Gasteiger partial charge in [-0.05, 0) is 32.4 Å². The van der Waals surface area contributed by atoms with E-state index in [1.807, 2.05) is 24.3 Å². The minimum Gasteiger partial charge on any atom is -0.476 e. The van der Waals surface area contributed by atoms with Crippen molar-refractivity contribution in [3.8, 4) is 5.75 Å². The van der Waals surface area contributed by atoms with Gasteiger partial charge in [-0.3, -0.25) is 4.79 Å². The minimum absolute atomic E-state index is 0.00250. The number of ether oxygens (including phenoxy) is 2. The molecule has 1 aromatic carbocycles. The Morgan fingerprint density at radius 1 is 1.33 bits per heavy atom. The third kappa shape index (κ3) is 2.34. The van der Waals surface area contributed by atoms with Crippen LogP contribution in [0.2, 0.25) is 0 Å². The highest BCUT2D eigenvalue weighted by Crippen LogP contribution is 2.37. The summed E-state index contributed by atoms with van der Waals surface area (Å²) in [4.78, 5) is 14.2. The molecule has 0 unspecified atom stereocenters. The monoisotopic (exact) mass is 249 g/mol. The van der Waals surface area contributed by atoms with Gasteiger partial charge in [0.15, 0.2) is 5.60 Å². The van der Waals surface area contributed by atoms with Crippen LogP contribution in [0.15, 0.2) is 24.3 Å². The lowest BCUT2D eigenvalue weighted by atomic mass is 10.0. The molecule has 1 aromatic rings. The number of hydrogen-bond donors (Lipinski definition) is 0. The SMILES string of the molecule is COCCCN1C(=O)C(C)(C)Oc2ccccc21. The molecule has 0 atom stereocenters. The molecule has 1 aliphatic heterocycles. The first-order valence-electron chi connectivity index (χ1n) is 6.15. The van der Waals surface area contributed by atoms with Crippen LogP contribution in [0.4, 0.5) is 5.69 Å². The van der Waals surface area contributed by atoms with E-state index in [2.05, 4.69) is 0 Å². The Kier molecular flexibility index (Phi) is 3.57. The highest BCUT2D eigenvalue weighted by Gasteiger charge is 2.40. The number of anilines is 1. The molecule has 2 rings (SSSR count). The topological polar surface area (TPSA) is 38.8 Å². The summed E-state index contributed by atoms with van der Waals surface area (Å²) in [5.41, 5.74) is 0.0412. The van der Waals surface area contributed by atoms with E-state index in [0.29, 0.717) is 13.2 Å². The van der Waals surface area contributed by atoms with E-state index >= 15 is 0 Å². The predicted octanol–water partition coefficient (Wildman–Crippen LogP) is 2.23. The lowest BCUT2D eigenvalue weighted by Gasteiger charge is -2.38. The van der Waals surface area contributed by atoms with Crippen LogP contribution < -0.4 is 9.64 Å². The normalized spacial score (nSPS) is 17.3. The molecular formula is C14H19NO3. The summed E-state index contributed by atoms with van der Waals surface area (Å²) < 4.78 is 10.8. The van der Waals surface area contributed by atoms with Crippen LogP contribution in [0.25, 0.3) is 0 Å². The molecule has 1 heterocycles. The van der Waals surface area contributed by atoms with Crippen molar-refractivity contribution in [2.75, 3.05) is 25.2 Å². The summed E-state index contributed by atoms with van der Waals surface area (Å²) in [6.07, 6.45) is 0.812. The average molecular weight is 249 g/mol. The molecule has 4 heteroatoms. The molecule has 0 spiro atoms. The third-order valence-electron chi connectivity index (χ3n) is 3.01. The number of rotatable bonds is 4. The number of nitrogens with zero attached hydrogens (tertiary/aromatic N) is 1. The van der Waals surface area contributed by atoms with E-state index in [1.165, 1.54) is 0 Å². The molecule has 0 bridgehead atoms. The molecule has 4 nitrogen and oxygen atoms in total. The molecule has 0 saturated carbocycles. The summed E-state index contributed by atoms with van der Waals surface area (Å²) in [6, 6.07) is 7.64. The first kappa shape index (κ1) is 12.9. The van der Waals surface area contributed by atoms with E-state index in [4.69, 9.17) is 9.47 Å². The molecule has 0 fully saturated rings. The van der Waals surface area contributed by atoms with Gasteiger partial charge in [-0.1, -0.05) is 12.1 Å². The van der Waals surface area contributed by atoms with Crippen LogP contribution in [0, 0.1) is 0 Å². The fourth-order valence-electron chi connectivity index (χ4n) is 2.11. The number of methoxy groups -OCH3 is 1. The Morgan fingerprint density at radius 2 is 2.06 bits per heavy atom. The zero-order chi connectivity index (χ0) is 13.2. The van der Waals surface area contributed by atoms with E-state index < -0.39 is 5.60 Å². The molecule has 0 N–H and O–H groups in total. The van der Waals surface area contributed by atoms with Gasteiger partial charge in [0.05, 0.1) is 5.69 Å². The number of para-hydroxylation sites is 2. The third-order valence-corrected chi connectivity index (χ3v) is 3.01. The summed E-state index contributed by atoms with van der Waals surface area (Å²) in [6.45, 7) is 4.90. The summed E-state index contributed by atoms with van der Waals surface area (Å²) in [5, 5.41) is 0. The van der Waals surface area contributed by atoms with E-state index in [0.717, 1.165) is 17.9 Å². The van der Waals surface area contributed by atoms with Crippen molar-refractivity contribution < 1.29 is 14.3 Å². The second kappa shape index (κ2) is 4.98. The number of benzene rings is 1. The van der Waals surface area contributed by atoms with Crippen LogP contribution >= 0.6 is 0 Å². The van der Waals surface area contributed by atoms with E-state index in [9.17, 15) is 4.79 Å². The Hall–Kier alpha value is -1.55. The number of carbonyl (C=O) groups excluding carboxylic acids is 1. The number of hydrogen-bond acceptors (Lipinski definition) is 3. The van der Waals surface area contributed by atoms with Crippen molar-refractivity contribution >= 4 is 11.6 Å². The van der Waals surface area contributed by atoms with Crippen LogP contribution in [0.3, 0.4) is 0 Å². The van der Waals surface area contributed by atoms with Crippen molar-refractivity contribution in [1.82, 2.24) is 0 Å². The standard InChI is InChI=1S/C14H19NO3/c1-14(2)13(16)15(9-6-10-17-3)11-7-4-5-8-12(11)18-14/h4-5,7-8H,6,9-10H2,1-3H3. The van der Waals surface area contributed by atoms with E-state index in [-0.39, 0.29) is 5.91 Å². The van der Waals surface area contributed by atoms with E-state index in [1.54, 1.807) is 25.9 Å². The second-order valence-electron chi connectivity index (χ2n) is 4.88. The molecule has 0 aromatic heterocycles. The Balaban J connectivity index is 2.27. The smallest absolute Gasteiger partial charge is 0.270 e. The Labute approximate surface area is 107 Å². The number of amides is 1. The summed E-state index contributed by atoms with van der Waals surface area (Å²) in [7, 11) is 1.67. The van der Waals surface area contributed by atoms with Gasteiger partial charge in [0, 0.05) is 20.3 Å². The number of carbonyl (C=O) groups is 1. The highest BCUT2D eigenvalue weighted by atomic mass is 16.5. The fourth-order valence-corrected chi connectivity index (χ4v) is 2.11. The van der Waals surface area contributed by atoms with Crippen molar-refractivity contribution in [1.29, 1.82) is 0 Å². The molecular weight excluding hydrogens is 230 g/mol. The van der Waals surface area contributed by atoms with Gasteiger partial charge < -0.3 is 14.4 Å². The van der Waals surface area contributed by atoms with Gasteiger partial charge >= 0.3 is 0 Å². The largest absolute Gasteiger partial charge is 0.476 e. The van der Waals surface area contributed by atoms with Crippen molar-refractivity contribution in [3.63, 3.8) is 0 Å². The molecule has 18 heavy (non-hydrogen) atoms. The van der Waals surface area contributed by atoms with Gasteiger partial charge in [-0.15, -0.1) is 0 Å². The van der Waals surface area contributed by atoms with Crippen molar-refractivity contribution in [2.24, 2.45) is 0 Å². The maximum Gasteiger partial charge on any atom is 0.270 e. The van der Waals surface area contributed by atoms with Crippen molar-refractivity contribution in [3.05, 3.63) is 24.3 Å². The van der Waals surface area contributed by atoms with Crippen LogP contribution in [-0.4, -0.2) is 31.8 Å². The first-order chi connectivity index (χ1) is 8.56. The molecule has 0 aliphatic carbocycles. The minimum atomic E-state index is -0.804. The first-order valence-corrected chi connectivity index (χ1v) is 6.15. The predicted molar refractivity (Wildman–Crippen MR) is 70.0 cm³/mol. The molecule has 98 valence electrons. The van der Waals surface area contributed by atoms with Gasteiger partial charge in [-0.2, -0.15) is 0 Å². The zero-order valence-electron chi connectivity index (χ0n) is 11.1. The Bertz CT molecular complexity index is 442. The zero-order valence-corrected chi connectivity index (χ0v) is 11.1. The van der Waals surface area contributed by atoms with Gasteiger partial charge in [0.1, 0.15) is 5.75 Å². The lowest BCUT2D eigenvalue weighted by molar-refractivity contribution is -0.132. The summed E-state index contributed by atoms with van der Waals surface area (Å²) in [5.74, 6) is 0.761. The molecule has 0 saturated heterocycles. The lowest BCUT2D eigenvalue weighted by Crippen LogP contribution is -2.52. The van der Waals surface area contributed by atoms with Gasteiger partial charge in [0.25, 0.3) is 5.91 Å². The fraction of sp³-hybridized carbons (Fsp3) is 0.500. The van der Waals surface area contributed by atoms with Gasteiger partial charge in [-0.25, -0.2) is 0 Å². The molecule has 0 radical (unpaired) electrons. The Morgan fingerprint density at radius 3 is 2.78 bits per heavy atom. The number of fused-ring (bicyclic) bond motifs is 1. The van der Waals surface area contributed by atoms with Crippen LogP contribution in [0.1, 0.15) is 20.3 Å². The summed E-state index contributed by atoms with van der Waals surface area (Å²) >= 11 is 0. The average Bonchev–Trinajstić information content (AvgIpc) is 2.34. The molecule has 1 amide bonds. The van der Waals surface area contributed by atoms with Crippen molar-refractivity contribution in [2.45, 2.75) is 25.9 Å². The molecule has 1 aliphatic rings. The van der Waals surface area contributed by atoms with Gasteiger partial charge in [0.2, 0.25) is 0 Å².